The van der Waals surface area contributed by atoms with Gasteiger partial charge < -0.3 is 35.1 Å². The molecule has 2 aromatic carbocycles. The molecule has 3 amide bonds. The lowest BCUT2D eigenvalue weighted by molar-refractivity contribution is -0.188. The summed E-state index contributed by atoms with van der Waals surface area (Å²) < 4.78 is 4.71. The summed E-state index contributed by atoms with van der Waals surface area (Å²) in [6, 6.07) is 14.6. The number of carbonyl (C=O) groups is 3. The Kier molecular flexibility index (Phi) is 13.2. The maximum absolute atomic E-state index is 13.5. The zero-order valence-corrected chi connectivity index (χ0v) is 32.3. The first-order valence-corrected chi connectivity index (χ1v) is 18.4. The van der Waals surface area contributed by atoms with Crippen molar-refractivity contribution in [3.05, 3.63) is 72.6 Å². The quantitative estimate of drug-likeness (QED) is 0.0455. The highest BCUT2D eigenvalue weighted by Crippen LogP contribution is 2.34. The van der Waals surface area contributed by atoms with Crippen molar-refractivity contribution in [3.8, 4) is 33.6 Å². The fourth-order valence-electron chi connectivity index (χ4n) is 6.63. The van der Waals surface area contributed by atoms with Gasteiger partial charge in [0.05, 0.1) is 50.1 Å². The van der Waals surface area contributed by atoms with Gasteiger partial charge in [0.2, 0.25) is 18.2 Å². The lowest BCUT2D eigenvalue weighted by Gasteiger charge is -2.27. The number of methoxy groups -OCH3 is 1. The average Bonchev–Trinajstić information content (AvgIpc) is 3.96. The van der Waals surface area contributed by atoms with Crippen LogP contribution < -0.4 is 10.6 Å². The summed E-state index contributed by atoms with van der Waals surface area (Å²) in [5.41, 5.74) is 5.76. The average molecular weight is 741 g/mol. The molecule has 3 heterocycles. The lowest BCUT2D eigenvalue weighted by Crippen LogP contribution is -2.51. The topological polar surface area (TPSA) is 176 Å². The van der Waals surface area contributed by atoms with Gasteiger partial charge in [0.15, 0.2) is 0 Å². The van der Waals surface area contributed by atoms with Crippen LogP contribution in [0.3, 0.4) is 0 Å². The summed E-state index contributed by atoms with van der Waals surface area (Å²) >= 11 is 0. The summed E-state index contributed by atoms with van der Waals surface area (Å²) in [7, 11) is 2.66. The smallest absolute Gasteiger partial charge is 0.407 e. The second-order valence-electron chi connectivity index (χ2n) is 14.5. The second-order valence-corrected chi connectivity index (χ2v) is 14.5. The molecule has 5 rings (SSSR count). The van der Waals surface area contributed by atoms with Crippen molar-refractivity contribution in [1.29, 1.82) is 0 Å². The minimum atomic E-state index is -0.751. The fourth-order valence-corrected chi connectivity index (χ4v) is 6.63. The van der Waals surface area contributed by atoms with Crippen LogP contribution >= 0.6 is 0 Å². The monoisotopic (exact) mass is 740 g/mol. The van der Waals surface area contributed by atoms with Crippen LogP contribution in [-0.2, 0) is 24.1 Å². The van der Waals surface area contributed by atoms with Crippen molar-refractivity contribution >= 4 is 24.3 Å². The van der Waals surface area contributed by atoms with Gasteiger partial charge in [-0.15, -0.1) is 0 Å². The van der Waals surface area contributed by atoms with Crippen molar-refractivity contribution in [1.82, 2.24) is 35.5 Å². The third-order valence-electron chi connectivity index (χ3n) is 9.68. The number of aromatic nitrogens is 4. The Morgan fingerprint density at radius 3 is 1.96 bits per heavy atom. The molecule has 14 nitrogen and oxygen atoms in total. The van der Waals surface area contributed by atoms with E-state index >= 15 is 0 Å². The number of aromatic amines is 2. The van der Waals surface area contributed by atoms with Crippen LogP contribution in [0.5, 0.6) is 0 Å². The summed E-state index contributed by atoms with van der Waals surface area (Å²) in [6.45, 7) is 12.3. The predicted molar refractivity (Wildman–Crippen MR) is 206 cm³/mol. The van der Waals surface area contributed by atoms with Gasteiger partial charge in [-0.2, -0.15) is 4.89 Å². The molecule has 0 aliphatic carbocycles. The Morgan fingerprint density at radius 2 is 1.41 bits per heavy atom. The molecule has 1 aliphatic heterocycles. The number of nitrogens with one attached hydrogen (secondary N) is 4. The highest BCUT2D eigenvalue weighted by molar-refractivity contribution is 5.86. The minimum absolute atomic E-state index is 0.0119. The molecule has 54 heavy (non-hydrogen) atoms. The third kappa shape index (κ3) is 9.34. The zero-order chi connectivity index (χ0) is 38.9. The third-order valence-corrected chi connectivity index (χ3v) is 9.68. The number of amides is 3. The van der Waals surface area contributed by atoms with Crippen LogP contribution in [0.25, 0.3) is 33.6 Å². The van der Waals surface area contributed by atoms with E-state index in [1.165, 1.54) is 20.6 Å². The van der Waals surface area contributed by atoms with E-state index in [0.29, 0.717) is 12.4 Å². The predicted octanol–water partition coefficient (Wildman–Crippen LogP) is 6.62. The van der Waals surface area contributed by atoms with Crippen molar-refractivity contribution in [2.24, 2.45) is 22.7 Å². The maximum atomic E-state index is 13.5. The first-order chi connectivity index (χ1) is 25.9. The molecule has 2 aromatic heterocycles. The lowest BCUT2D eigenvalue weighted by atomic mass is 10.00. The molecule has 0 bridgehead atoms. The standard InChI is InChI=1S/C40H52N8O6/c1-23(2)33(46-38(49)34(24(3)4)47-40(51)52-7)37-42-21-31(45-37)29-17-13-27(14-18-29)26-11-15-28(16-12-26)30-20-41-36(44-30)32-10-9-19-48(32)39(50)35(25(5)6)43-22-54-53-8/h11-18,20-25,32-35H,9-10,19H2,1-8H3,(H,41,44)(H,42,45)(H,46,49)(H,47,51)/b43-22+/t32-,33+,34-,35-/m0/s1. The Bertz CT molecular complexity index is 1880. The summed E-state index contributed by atoms with van der Waals surface area (Å²) in [6.07, 6.45) is 5.81. The number of likely N-dealkylation sites (tertiary alicyclic amines) is 1. The number of hydrogen-bond acceptors (Lipinski definition) is 9. The molecular formula is C40H52N8O6. The van der Waals surface area contributed by atoms with Crippen LogP contribution in [0.2, 0.25) is 0 Å². The van der Waals surface area contributed by atoms with Crippen LogP contribution in [-0.4, -0.2) is 82.0 Å². The largest absolute Gasteiger partial charge is 0.453 e. The number of ether oxygens (including phenoxy) is 1. The highest BCUT2D eigenvalue weighted by atomic mass is 17.2. The minimum Gasteiger partial charge on any atom is -0.453 e. The molecule has 0 saturated carbocycles. The number of alkyl carbamates (subject to hydrolysis) is 1. The molecule has 0 radical (unpaired) electrons. The molecule has 4 atom stereocenters. The van der Waals surface area contributed by atoms with Gasteiger partial charge in [0.25, 0.3) is 0 Å². The van der Waals surface area contributed by atoms with Crippen LogP contribution in [0.15, 0.2) is 65.9 Å². The number of aliphatic imine (C=N–C) groups is 1. The van der Waals surface area contributed by atoms with E-state index in [1.807, 2.05) is 64.8 Å². The van der Waals surface area contributed by atoms with Crippen molar-refractivity contribution in [3.63, 3.8) is 0 Å². The molecule has 1 fully saturated rings. The number of imidazole rings is 2. The number of rotatable bonds is 15. The number of hydrogen-bond donors (Lipinski definition) is 4. The van der Waals surface area contributed by atoms with E-state index in [9.17, 15) is 14.4 Å². The summed E-state index contributed by atoms with van der Waals surface area (Å²) in [5.74, 6) is 0.903. The van der Waals surface area contributed by atoms with E-state index in [2.05, 4.69) is 76.8 Å². The van der Waals surface area contributed by atoms with Gasteiger partial charge in [-0.05, 0) is 52.8 Å². The van der Waals surface area contributed by atoms with E-state index in [1.54, 1.807) is 6.20 Å². The maximum Gasteiger partial charge on any atom is 0.407 e. The SMILES string of the molecule is COO/C=N/[C@H](C(=O)N1CCC[C@H]1c1ncc(-c2ccc(-c3ccc(-c4cnc([C@H](NC(=O)[C@@H](NC(=O)OC)C(C)C)C(C)C)[nH]4)cc3)cc2)[nH]1)C(C)C. The van der Waals surface area contributed by atoms with Crippen molar-refractivity contribution < 1.29 is 28.9 Å². The fraction of sp³-hybridized carbons (Fsp3) is 0.450. The Morgan fingerprint density at radius 1 is 0.815 bits per heavy atom. The molecule has 288 valence electrons. The van der Waals surface area contributed by atoms with Gasteiger partial charge in [-0.1, -0.05) is 90.1 Å². The molecule has 1 saturated heterocycles. The van der Waals surface area contributed by atoms with E-state index in [4.69, 9.17) is 9.62 Å². The molecule has 0 unspecified atom stereocenters. The Labute approximate surface area is 316 Å². The van der Waals surface area contributed by atoms with Gasteiger partial charge >= 0.3 is 6.09 Å². The van der Waals surface area contributed by atoms with Gasteiger partial charge in [-0.3, -0.25) is 9.59 Å². The van der Waals surface area contributed by atoms with Crippen molar-refractivity contribution in [2.45, 2.75) is 78.6 Å². The van der Waals surface area contributed by atoms with Gasteiger partial charge in [-0.25, -0.2) is 19.8 Å². The highest BCUT2D eigenvalue weighted by Gasteiger charge is 2.36. The summed E-state index contributed by atoms with van der Waals surface area (Å²) in [5, 5.41) is 5.68. The molecule has 1 aliphatic rings. The number of carbonyl (C=O) groups excluding carboxylic acids is 3. The van der Waals surface area contributed by atoms with Crippen LogP contribution in [0.4, 0.5) is 4.79 Å². The molecule has 4 N–H and O–H groups in total. The molecule has 14 heteroatoms. The molecule has 4 aromatic rings. The van der Waals surface area contributed by atoms with Gasteiger partial charge in [0.1, 0.15) is 23.7 Å². The number of H-pyrrole nitrogens is 2. The Hall–Kier alpha value is -5.50. The van der Waals surface area contributed by atoms with Crippen LogP contribution in [0, 0.1) is 17.8 Å². The van der Waals surface area contributed by atoms with Crippen molar-refractivity contribution in [2.75, 3.05) is 20.8 Å². The number of benzene rings is 2. The summed E-state index contributed by atoms with van der Waals surface area (Å²) in [4.78, 5) is 70.3. The first kappa shape index (κ1) is 39.7. The second kappa shape index (κ2) is 18.0. The normalized spacial score (nSPS) is 16.2. The molecular weight excluding hydrogens is 688 g/mol. The van der Waals surface area contributed by atoms with Crippen LogP contribution in [0.1, 0.15) is 78.1 Å². The van der Waals surface area contributed by atoms with Gasteiger partial charge in [0, 0.05) is 6.54 Å². The zero-order valence-electron chi connectivity index (χ0n) is 32.3. The number of nitrogens with zero attached hydrogens (tertiary/aromatic N) is 4. The van der Waals surface area contributed by atoms with E-state index in [0.717, 1.165) is 52.3 Å². The first-order valence-electron chi connectivity index (χ1n) is 18.4. The van der Waals surface area contributed by atoms with E-state index < -0.39 is 24.2 Å². The Balaban J connectivity index is 1.24. The van der Waals surface area contributed by atoms with E-state index in [-0.39, 0.29) is 35.6 Å². The molecule has 0 spiro atoms.